The summed E-state index contributed by atoms with van der Waals surface area (Å²) >= 11 is 0. The summed E-state index contributed by atoms with van der Waals surface area (Å²) in [6.07, 6.45) is 1.45. The molecule has 28 heavy (non-hydrogen) atoms. The maximum absolute atomic E-state index is 12.9. The van der Waals surface area contributed by atoms with Gasteiger partial charge in [0.15, 0.2) is 0 Å². The molecule has 0 aromatic heterocycles. The molecule has 2 aromatic rings. The highest BCUT2D eigenvalue weighted by molar-refractivity contribution is 5.96. The molecule has 2 amide bonds. The first kappa shape index (κ1) is 19.7. The number of carbonyl (C=O) groups excluding carboxylic acids is 2. The number of nitrogens with zero attached hydrogens (tertiary/aromatic N) is 1. The lowest BCUT2D eigenvalue weighted by Crippen LogP contribution is -2.46. The fourth-order valence-electron chi connectivity index (χ4n) is 3.43. The molecule has 1 N–H and O–H groups in total. The Morgan fingerprint density at radius 3 is 2.18 bits per heavy atom. The standard InChI is InChI=1S/C22H26N2O4/c1-15-6-4-5-7-20(15)21(25)23-17-8-10-24(11-9-17)22(26)16-12-18(27-2)14-19(13-16)28-3/h4-7,12-14,17H,8-11H2,1-3H3,(H,23,25). The number of piperidine rings is 1. The first-order valence-electron chi connectivity index (χ1n) is 9.40. The second kappa shape index (κ2) is 8.78. The first-order valence-corrected chi connectivity index (χ1v) is 9.40. The van der Waals surface area contributed by atoms with Crippen molar-refractivity contribution in [3.8, 4) is 11.5 Å². The van der Waals surface area contributed by atoms with Crippen molar-refractivity contribution in [2.45, 2.75) is 25.8 Å². The molecular weight excluding hydrogens is 356 g/mol. The van der Waals surface area contributed by atoms with Crippen LogP contribution in [0.3, 0.4) is 0 Å². The number of aryl methyl sites for hydroxylation is 1. The van der Waals surface area contributed by atoms with Crippen molar-refractivity contribution in [2.24, 2.45) is 0 Å². The number of hydrogen-bond donors (Lipinski definition) is 1. The molecule has 0 atom stereocenters. The van der Waals surface area contributed by atoms with E-state index in [4.69, 9.17) is 9.47 Å². The Balaban J connectivity index is 1.60. The Labute approximate surface area is 165 Å². The number of benzene rings is 2. The van der Waals surface area contributed by atoms with Crippen molar-refractivity contribution < 1.29 is 19.1 Å². The quantitative estimate of drug-likeness (QED) is 0.863. The monoisotopic (exact) mass is 382 g/mol. The topological polar surface area (TPSA) is 67.9 Å². The third-order valence-electron chi connectivity index (χ3n) is 5.11. The lowest BCUT2D eigenvalue weighted by atomic mass is 10.0. The van der Waals surface area contributed by atoms with Crippen LogP contribution in [0.15, 0.2) is 42.5 Å². The molecule has 0 radical (unpaired) electrons. The summed E-state index contributed by atoms with van der Waals surface area (Å²) in [4.78, 5) is 27.2. The molecular formula is C22H26N2O4. The highest BCUT2D eigenvalue weighted by Crippen LogP contribution is 2.24. The van der Waals surface area contributed by atoms with Gasteiger partial charge in [-0.2, -0.15) is 0 Å². The average molecular weight is 382 g/mol. The molecule has 0 unspecified atom stereocenters. The molecule has 1 saturated heterocycles. The van der Waals surface area contributed by atoms with Crippen LogP contribution in [0.4, 0.5) is 0 Å². The smallest absolute Gasteiger partial charge is 0.254 e. The van der Waals surface area contributed by atoms with Crippen molar-refractivity contribution >= 4 is 11.8 Å². The Bertz CT molecular complexity index is 835. The molecule has 2 aromatic carbocycles. The Morgan fingerprint density at radius 1 is 1.00 bits per heavy atom. The van der Waals surface area contributed by atoms with E-state index in [0.717, 1.165) is 18.4 Å². The highest BCUT2D eigenvalue weighted by atomic mass is 16.5. The Kier molecular flexibility index (Phi) is 6.19. The van der Waals surface area contributed by atoms with Crippen LogP contribution in [0.2, 0.25) is 0 Å². The molecule has 148 valence electrons. The van der Waals surface area contributed by atoms with E-state index in [1.807, 2.05) is 36.1 Å². The van der Waals surface area contributed by atoms with E-state index in [1.54, 1.807) is 32.4 Å². The fraction of sp³-hybridized carbons (Fsp3) is 0.364. The van der Waals surface area contributed by atoms with Crippen molar-refractivity contribution in [1.29, 1.82) is 0 Å². The van der Waals surface area contributed by atoms with Crippen molar-refractivity contribution in [3.63, 3.8) is 0 Å². The van der Waals surface area contributed by atoms with Gasteiger partial charge in [0.05, 0.1) is 14.2 Å². The summed E-state index contributed by atoms with van der Waals surface area (Å²) in [7, 11) is 3.12. The molecule has 1 heterocycles. The first-order chi connectivity index (χ1) is 13.5. The van der Waals surface area contributed by atoms with E-state index in [2.05, 4.69) is 5.32 Å². The number of hydrogen-bond acceptors (Lipinski definition) is 4. The zero-order valence-corrected chi connectivity index (χ0v) is 16.5. The van der Waals surface area contributed by atoms with Crippen LogP contribution in [0.25, 0.3) is 0 Å². The Morgan fingerprint density at radius 2 is 1.61 bits per heavy atom. The third-order valence-corrected chi connectivity index (χ3v) is 5.11. The van der Waals surface area contributed by atoms with Gasteiger partial charge in [0.25, 0.3) is 11.8 Å². The van der Waals surface area contributed by atoms with E-state index in [9.17, 15) is 9.59 Å². The van der Waals surface area contributed by atoms with Crippen LogP contribution in [0.1, 0.15) is 39.1 Å². The normalized spacial score (nSPS) is 14.5. The molecule has 6 nitrogen and oxygen atoms in total. The van der Waals surface area contributed by atoms with Crippen LogP contribution < -0.4 is 14.8 Å². The second-order valence-electron chi connectivity index (χ2n) is 6.96. The van der Waals surface area contributed by atoms with Crippen LogP contribution in [-0.2, 0) is 0 Å². The summed E-state index contributed by atoms with van der Waals surface area (Å²) in [6.45, 7) is 3.12. The van der Waals surface area contributed by atoms with Gasteiger partial charge in [-0.15, -0.1) is 0 Å². The van der Waals surface area contributed by atoms with Crippen LogP contribution in [0, 0.1) is 6.92 Å². The van der Waals surface area contributed by atoms with Gasteiger partial charge in [0, 0.05) is 36.3 Å². The molecule has 1 aliphatic heterocycles. The van der Waals surface area contributed by atoms with Crippen LogP contribution >= 0.6 is 0 Å². The van der Waals surface area contributed by atoms with Crippen molar-refractivity contribution in [2.75, 3.05) is 27.3 Å². The minimum atomic E-state index is -0.0552. The second-order valence-corrected chi connectivity index (χ2v) is 6.96. The molecule has 1 fully saturated rings. The predicted molar refractivity (Wildman–Crippen MR) is 107 cm³/mol. The Hall–Kier alpha value is -3.02. The van der Waals surface area contributed by atoms with E-state index < -0.39 is 0 Å². The van der Waals surface area contributed by atoms with Gasteiger partial charge in [0.2, 0.25) is 0 Å². The van der Waals surface area contributed by atoms with E-state index >= 15 is 0 Å². The number of ether oxygens (including phenoxy) is 2. The maximum Gasteiger partial charge on any atom is 0.254 e. The molecule has 0 saturated carbocycles. The van der Waals surface area contributed by atoms with Crippen LogP contribution in [0.5, 0.6) is 11.5 Å². The minimum absolute atomic E-state index is 0.0547. The summed E-state index contributed by atoms with van der Waals surface area (Å²) in [6, 6.07) is 12.8. The fourth-order valence-corrected chi connectivity index (χ4v) is 3.43. The molecule has 3 rings (SSSR count). The minimum Gasteiger partial charge on any atom is -0.497 e. The average Bonchev–Trinajstić information content (AvgIpc) is 2.73. The number of amides is 2. The van der Waals surface area contributed by atoms with Crippen LogP contribution in [-0.4, -0.2) is 50.1 Å². The number of likely N-dealkylation sites (tertiary alicyclic amines) is 1. The third kappa shape index (κ3) is 4.44. The number of rotatable bonds is 5. The molecule has 0 aliphatic carbocycles. The lowest BCUT2D eigenvalue weighted by Gasteiger charge is -2.32. The van der Waals surface area contributed by atoms with Crippen molar-refractivity contribution in [3.05, 3.63) is 59.2 Å². The van der Waals surface area contributed by atoms with Gasteiger partial charge in [-0.25, -0.2) is 0 Å². The number of methoxy groups -OCH3 is 2. The lowest BCUT2D eigenvalue weighted by molar-refractivity contribution is 0.0697. The maximum atomic E-state index is 12.9. The van der Waals surface area contributed by atoms with Gasteiger partial charge >= 0.3 is 0 Å². The molecule has 0 spiro atoms. The zero-order chi connectivity index (χ0) is 20.1. The van der Waals surface area contributed by atoms with E-state index in [0.29, 0.717) is 35.7 Å². The van der Waals surface area contributed by atoms with Crippen molar-refractivity contribution in [1.82, 2.24) is 10.2 Å². The van der Waals surface area contributed by atoms with Gasteiger partial charge in [-0.05, 0) is 43.5 Å². The predicted octanol–water partition coefficient (Wildman–Crippen LogP) is 3.05. The molecule has 1 aliphatic rings. The van der Waals surface area contributed by atoms with E-state index in [-0.39, 0.29) is 17.9 Å². The van der Waals surface area contributed by atoms with Gasteiger partial charge in [-0.3, -0.25) is 9.59 Å². The highest BCUT2D eigenvalue weighted by Gasteiger charge is 2.25. The summed E-state index contributed by atoms with van der Waals surface area (Å²) in [5, 5.41) is 3.09. The van der Waals surface area contributed by atoms with Gasteiger partial charge < -0.3 is 19.7 Å². The summed E-state index contributed by atoms with van der Waals surface area (Å²) in [5.41, 5.74) is 2.20. The van der Waals surface area contributed by atoms with E-state index in [1.165, 1.54) is 0 Å². The molecule has 6 heteroatoms. The van der Waals surface area contributed by atoms with Gasteiger partial charge in [0.1, 0.15) is 11.5 Å². The largest absolute Gasteiger partial charge is 0.497 e. The number of carbonyl (C=O) groups is 2. The summed E-state index contributed by atoms with van der Waals surface area (Å²) in [5.74, 6) is 1.06. The zero-order valence-electron chi connectivity index (χ0n) is 16.5. The molecule has 0 bridgehead atoms. The SMILES string of the molecule is COc1cc(OC)cc(C(=O)N2CCC(NC(=O)c3ccccc3C)CC2)c1. The van der Waals surface area contributed by atoms with Gasteiger partial charge in [-0.1, -0.05) is 18.2 Å². The summed E-state index contributed by atoms with van der Waals surface area (Å²) < 4.78 is 10.5. The number of nitrogens with one attached hydrogen (secondary N) is 1.